The molecule has 0 fully saturated rings. The molecule has 1 aliphatic heterocycles. The zero-order valence-electron chi connectivity index (χ0n) is 14.8. The number of amides is 2. The van der Waals surface area contributed by atoms with E-state index in [1.54, 1.807) is 11.8 Å². The van der Waals surface area contributed by atoms with Gasteiger partial charge in [-0.15, -0.1) is 11.8 Å². The summed E-state index contributed by atoms with van der Waals surface area (Å²) in [7, 11) is 0. The Labute approximate surface area is 162 Å². The van der Waals surface area contributed by atoms with Gasteiger partial charge in [0.2, 0.25) is 5.91 Å². The molecule has 1 heterocycles. The highest BCUT2D eigenvalue weighted by Crippen LogP contribution is 2.37. The molecule has 2 aromatic carbocycles. The molecule has 4 nitrogen and oxygen atoms in total. The highest BCUT2D eigenvalue weighted by molar-refractivity contribution is 7.99. The van der Waals surface area contributed by atoms with Crippen LogP contribution >= 0.6 is 23.4 Å². The first-order valence-electron chi connectivity index (χ1n) is 8.50. The lowest BCUT2D eigenvalue weighted by atomic mass is 10.0. The van der Waals surface area contributed by atoms with Gasteiger partial charge in [-0.3, -0.25) is 9.59 Å². The van der Waals surface area contributed by atoms with Crippen molar-refractivity contribution in [3.8, 4) is 0 Å². The summed E-state index contributed by atoms with van der Waals surface area (Å²) in [6.07, 6.45) is 0.842. The summed E-state index contributed by atoms with van der Waals surface area (Å²) in [5, 5.41) is 6.36. The number of fused-ring (bicyclic) bond motifs is 1. The molecular weight excluding hydrogens is 368 g/mol. The van der Waals surface area contributed by atoms with Crippen molar-refractivity contribution >= 4 is 35.2 Å². The first kappa shape index (κ1) is 18.8. The molecule has 1 atom stereocenters. The van der Waals surface area contributed by atoms with Gasteiger partial charge in [-0.05, 0) is 56.2 Å². The minimum atomic E-state index is -0.241. The largest absolute Gasteiger partial charge is 0.348 e. The number of thioether (sulfide) groups is 1. The number of hydrogen-bond donors (Lipinski definition) is 2. The monoisotopic (exact) mass is 388 g/mol. The number of halogens is 1. The Balaban J connectivity index is 1.60. The van der Waals surface area contributed by atoms with Gasteiger partial charge in [0.05, 0.1) is 12.6 Å². The molecule has 26 heavy (non-hydrogen) atoms. The SMILES string of the molecule is Cc1cc(C)cc(C(=O)NCC(=O)NC2CCSc3ccc(Cl)cc32)c1. The molecule has 0 saturated carbocycles. The Morgan fingerprint density at radius 1 is 1.15 bits per heavy atom. The molecule has 0 radical (unpaired) electrons. The molecule has 1 aliphatic rings. The summed E-state index contributed by atoms with van der Waals surface area (Å²) in [5.74, 6) is 0.495. The second kappa shape index (κ2) is 8.14. The third-order valence-electron chi connectivity index (χ3n) is 4.24. The standard InChI is InChI=1S/C20H21ClN2O2S/c1-12-7-13(2)9-14(8-12)20(25)22-11-19(24)23-17-5-6-26-18-4-3-15(21)10-16(17)18/h3-4,7-10,17H,5-6,11H2,1-2H3,(H,22,25)(H,23,24). The molecule has 0 bridgehead atoms. The van der Waals surface area contributed by atoms with E-state index in [-0.39, 0.29) is 24.4 Å². The van der Waals surface area contributed by atoms with Crippen molar-refractivity contribution in [2.24, 2.45) is 0 Å². The van der Waals surface area contributed by atoms with Gasteiger partial charge in [0.1, 0.15) is 0 Å². The Kier molecular flexibility index (Phi) is 5.89. The second-order valence-electron chi connectivity index (χ2n) is 6.50. The molecule has 0 aliphatic carbocycles. The maximum Gasteiger partial charge on any atom is 0.251 e. The second-order valence-corrected chi connectivity index (χ2v) is 8.07. The van der Waals surface area contributed by atoms with Crippen LogP contribution in [0.25, 0.3) is 0 Å². The topological polar surface area (TPSA) is 58.2 Å². The molecule has 136 valence electrons. The van der Waals surface area contributed by atoms with Gasteiger partial charge < -0.3 is 10.6 Å². The van der Waals surface area contributed by atoms with Crippen molar-refractivity contribution in [2.75, 3.05) is 12.3 Å². The van der Waals surface area contributed by atoms with E-state index >= 15 is 0 Å². The predicted molar refractivity (Wildman–Crippen MR) is 106 cm³/mol. The normalized spacial score (nSPS) is 15.9. The van der Waals surface area contributed by atoms with E-state index in [9.17, 15) is 9.59 Å². The Hall–Kier alpha value is -1.98. The van der Waals surface area contributed by atoms with Crippen LogP contribution in [0.3, 0.4) is 0 Å². The van der Waals surface area contributed by atoms with Crippen molar-refractivity contribution in [1.82, 2.24) is 10.6 Å². The molecule has 0 aromatic heterocycles. The molecule has 3 rings (SSSR count). The Bertz CT molecular complexity index is 833. The summed E-state index contributed by atoms with van der Waals surface area (Å²) < 4.78 is 0. The fraction of sp³-hybridized carbons (Fsp3) is 0.300. The number of hydrogen-bond acceptors (Lipinski definition) is 3. The lowest BCUT2D eigenvalue weighted by Gasteiger charge is -2.26. The molecule has 6 heteroatoms. The highest BCUT2D eigenvalue weighted by atomic mass is 35.5. The van der Waals surface area contributed by atoms with Crippen LogP contribution in [0.1, 0.15) is 39.5 Å². The third kappa shape index (κ3) is 4.59. The summed E-state index contributed by atoms with van der Waals surface area (Å²) in [6.45, 7) is 3.84. The van der Waals surface area contributed by atoms with Gasteiger partial charge in [-0.25, -0.2) is 0 Å². The average molecular weight is 389 g/mol. The van der Waals surface area contributed by atoms with Crippen LogP contribution < -0.4 is 10.6 Å². The molecule has 2 aromatic rings. The number of carbonyl (C=O) groups excluding carboxylic acids is 2. The smallest absolute Gasteiger partial charge is 0.251 e. The van der Waals surface area contributed by atoms with E-state index < -0.39 is 0 Å². The zero-order chi connectivity index (χ0) is 18.7. The number of rotatable bonds is 4. The predicted octanol–water partition coefficient (Wildman–Crippen LogP) is 4.04. The van der Waals surface area contributed by atoms with Gasteiger partial charge >= 0.3 is 0 Å². The fourth-order valence-electron chi connectivity index (χ4n) is 3.13. The van der Waals surface area contributed by atoms with Crippen LogP contribution in [0, 0.1) is 13.8 Å². The summed E-state index contributed by atoms with van der Waals surface area (Å²) in [4.78, 5) is 25.7. The quantitative estimate of drug-likeness (QED) is 0.831. The molecule has 2 amide bonds. The van der Waals surface area contributed by atoms with E-state index in [1.165, 1.54) is 0 Å². The van der Waals surface area contributed by atoms with Gasteiger partial charge in [0, 0.05) is 21.2 Å². The summed E-state index contributed by atoms with van der Waals surface area (Å²) in [6, 6.07) is 11.3. The first-order chi connectivity index (χ1) is 12.4. The van der Waals surface area contributed by atoms with Crippen LogP contribution in [0.5, 0.6) is 0 Å². The highest BCUT2D eigenvalue weighted by Gasteiger charge is 2.22. The first-order valence-corrected chi connectivity index (χ1v) is 9.87. The number of nitrogens with one attached hydrogen (secondary N) is 2. The zero-order valence-corrected chi connectivity index (χ0v) is 16.3. The molecule has 0 spiro atoms. The Morgan fingerprint density at radius 2 is 1.88 bits per heavy atom. The molecule has 1 unspecified atom stereocenters. The Morgan fingerprint density at radius 3 is 2.62 bits per heavy atom. The van der Waals surface area contributed by atoms with Crippen molar-refractivity contribution in [3.63, 3.8) is 0 Å². The fourth-order valence-corrected chi connectivity index (χ4v) is 4.42. The lowest BCUT2D eigenvalue weighted by Crippen LogP contribution is -2.39. The van der Waals surface area contributed by atoms with Crippen molar-refractivity contribution in [1.29, 1.82) is 0 Å². The van der Waals surface area contributed by atoms with Crippen LogP contribution in [0.4, 0.5) is 0 Å². The molecular formula is C20H21ClN2O2S. The van der Waals surface area contributed by atoms with Gasteiger partial charge in [-0.1, -0.05) is 28.8 Å². The van der Waals surface area contributed by atoms with Crippen LogP contribution in [-0.4, -0.2) is 24.1 Å². The van der Waals surface area contributed by atoms with Gasteiger partial charge in [-0.2, -0.15) is 0 Å². The summed E-state index contributed by atoms with van der Waals surface area (Å²) >= 11 is 7.86. The number of aryl methyl sites for hydroxylation is 2. The minimum absolute atomic E-state index is 0.0502. The van der Waals surface area contributed by atoms with Gasteiger partial charge in [0.15, 0.2) is 0 Å². The van der Waals surface area contributed by atoms with Crippen molar-refractivity contribution in [2.45, 2.75) is 31.2 Å². The van der Waals surface area contributed by atoms with Crippen molar-refractivity contribution < 1.29 is 9.59 Å². The van der Waals surface area contributed by atoms with Gasteiger partial charge in [0.25, 0.3) is 5.91 Å². The number of carbonyl (C=O) groups is 2. The van der Waals surface area contributed by atoms with Crippen LogP contribution in [0.15, 0.2) is 41.3 Å². The van der Waals surface area contributed by atoms with E-state index in [1.807, 2.05) is 50.2 Å². The molecule has 0 saturated heterocycles. The van der Waals surface area contributed by atoms with E-state index in [4.69, 9.17) is 11.6 Å². The summed E-state index contributed by atoms with van der Waals surface area (Å²) in [5.41, 5.74) is 3.66. The minimum Gasteiger partial charge on any atom is -0.348 e. The van der Waals surface area contributed by atoms with Crippen molar-refractivity contribution in [3.05, 3.63) is 63.7 Å². The third-order valence-corrected chi connectivity index (χ3v) is 5.60. The number of benzene rings is 2. The van der Waals surface area contributed by atoms with E-state index in [0.717, 1.165) is 33.8 Å². The van der Waals surface area contributed by atoms with Crippen LogP contribution in [0.2, 0.25) is 5.02 Å². The van der Waals surface area contributed by atoms with E-state index in [2.05, 4.69) is 10.6 Å². The van der Waals surface area contributed by atoms with Crippen LogP contribution in [-0.2, 0) is 4.79 Å². The average Bonchev–Trinajstić information content (AvgIpc) is 2.59. The maximum atomic E-state index is 12.3. The van der Waals surface area contributed by atoms with E-state index in [0.29, 0.717) is 10.6 Å². The maximum absolute atomic E-state index is 12.3. The lowest BCUT2D eigenvalue weighted by molar-refractivity contribution is -0.120. The molecule has 2 N–H and O–H groups in total.